The van der Waals surface area contributed by atoms with Crippen molar-refractivity contribution < 1.29 is 0 Å². The van der Waals surface area contributed by atoms with Crippen LogP contribution in [0.25, 0.3) is 0 Å². The van der Waals surface area contributed by atoms with E-state index >= 15 is 0 Å². The van der Waals surface area contributed by atoms with Crippen molar-refractivity contribution >= 4 is 0 Å². The van der Waals surface area contributed by atoms with Gasteiger partial charge in [0, 0.05) is 18.6 Å². The zero-order valence-electron chi connectivity index (χ0n) is 13.0. The Morgan fingerprint density at radius 1 is 1.11 bits per heavy atom. The minimum atomic E-state index is 0.645. The molecule has 0 aromatic heterocycles. The van der Waals surface area contributed by atoms with Gasteiger partial charge in [0.15, 0.2) is 0 Å². The number of hydrogen-bond donors (Lipinski definition) is 1. The van der Waals surface area contributed by atoms with Crippen LogP contribution in [0.3, 0.4) is 0 Å². The fraction of sp³-hybridized carbons (Fsp3) is 1.00. The predicted octanol–water partition coefficient (Wildman–Crippen LogP) is 2.31. The van der Waals surface area contributed by atoms with Gasteiger partial charge in [0.2, 0.25) is 0 Å². The summed E-state index contributed by atoms with van der Waals surface area (Å²) >= 11 is 0. The summed E-state index contributed by atoms with van der Waals surface area (Å²) in [7, 11) is 0. The molecule has 112 valence electrons. The highest BCUT2D eigenvalue weighted by Crippen LogP contribution is 2.27. The molecule has 0 amide bonds. The van der Waals surface area contributed by atoms with E-state index in [9.17, 15) is 0 Å². The minimum absolute atomic E-state index is 0.645. The molecule has 2 N–H and O–H groups in total. The van der Waals surface area contributed by atoms with E-state index in [1.54, 1.807) is 0 Å². The van der Waals surface area contributed by atoms with Gasteiger partial charge in [-0.1, -0.05) is 13.8 Å². The minimum Gasteiger partial charge on any atom is -0.329 e. The van der Waals surface area contributed by atoms with Gasteiger partial charge >= 0.3 is 0 Å². The van der Waals surface area contributed by atoms with Crippen molar-refractivity contribution in [2.24, 2.45) is 11.7 Å². The Labute approximate surface area is 119 Å². The second kappa shape index (κ2) is 7.61. The normalized spacial score (nSPS) is 35.2. The van der Waals surface area contributed by atoms with E-state index in [1.165, 1.54) is 64.7 Å². The predicted molar refractivity (Wildman–Crippen MR) is 82.3 cm³/mol. The lowest BCUT2D eigenvalue weighted by atomic mass is 9.90. The highest BCUT2D eigenvalue weighted by molar-refractivity contribution is 4.87. The molecular weight excluding hydrogens is 234 g/mol. The molecule has 3 unspecified atom stereocenters. The molecule has 0 bridgehead atoms. The Morgan fingerprint density at radius 3 is 2.68 bits per heavy atom. The maximum Gasteiger partial charge on any atom is 0.0223 e. The zero-order valence-corrected chi connectivity index (χ0v) is 13.0. The summed E-state index contributed by atoms with van der Waals surface area (Å²) in [6.07, 6.45) is 8.07. The van der Waals surface area contributed by atoms with Gasteiger partial charge in [-0.15, -0.1) is 0 Å². The highest BCUT2D eigenvalue weighted by Gasteiger charge is 2.31. The van der Waals surface area contributed by atoms with Crippen LogP contribution in [0.5, 0.6) is 0 Å². The topological polar surface area (TPSA) is 32.5 Å². The van der Waals surface area contributed by atoms with E-state index in [0.29, 0.717) is 6.04 Å². The zero-order chi connectivity index (χ0) is 13.7. The molecule has 0 radical (unpaired) electrons. The molecule has 2 aliphatic heterocycles. The fourth-order valence-electron chi connectivity index (χ4n) is 3.99. The second-order valence-corrected chi connectivity index (χ2v) is 6.68. The average Bonchev–Trinajstić information content (AvgIpc) is 2.65. The van der Waals surface area contributed by atoms with Gasteiger partial charge in [-0.05, 0) is 70.6 Å². The van der Waals surface area contributed by atoms with E-state index in [2.05, 4.69) is 23.6 Å². The first-order valence-electron chi connectivity index (χ1n) is 8.42. The number of nitrogens with two attached hydrogens (primary N) is 1. The van der Waals surface area contributed by atoms with Crippen LogP contribution in [-0.4, -0.2) is 54.6 Å². The van der Waals surface area contributed by atoms with Gasteiger partial charge in [-0.25, -0.2) is 0 Å². The lowest BCUT2D eigenvalue weighted by molar-refractivity contribution is 0.0683. The summed E-state index contributed by atoms with van der Waals surface area (Å²) in [6.45, 7) is 10.7. The molecule has 3 heteroatoms. The standard InChI is InChI=1S/C16H33N3/c1-3-8-18-9-4-5-15(7-10-18)19-11-6-14(2)12-16(19)13-17/h14-16H,3-13,17H2,1-2H3. The summed E-state index contributed by atoms with van der Waals surface area (Å²) < 4.78 is 0. The van der Waals surface area contributed by atoms with Gasteiger partial charge in [0.1, 0.15) is 0 Å². The van der Waals surface area contributed by atoms with Gasteiger partial charge < -0.3 is 10.6 Å². The van der Waals surface area contributed by atoms with Crippen LogP contribution in [0, 0.1) is 5.92 Å². The first kappa shape index (κ1) is 15.3. The second-order valence-electron chi connectivity index (χ2n) is 6.68. The SMILES string of the molecule is CCCN1CCCC(N2CCC(C)CC2CN)CC1. The van der Waals surface area contributed by atoms with Crippen molar-refractivity contribution in [3.05, 3.63) is 0 Å². The van der Waals surface area contributed by atoms with E-state index in [4.69, 9.17) is 5.73 Å². The highest BCUT2D eigenvalue weighted by atomic mass is 15.2. The number of nitrogens with zero attached hydrogens (tertiary/aromatic N) is 2. The molecule has 19 heavy (non-hydrogen) atoms. The molecule has 0 aromatic carbocycles. The number of likely N-dealkylation sites (tertiary alicyclic amines) is 2. The van der Waals surface area contributed by atoms with Gasteiger partial charge in [0.05, 0.1) is 0 Å². The molecule has 2 rings (SSSR count). The lowest BCUT2D eigenvalue weighted by Crippen LogP contribution is -2.51. The van der Waals surface area contributed by atoms with E-state index in [0.717, 1.165) is 18.5 Å². The smallest absolute Gasteiger partial charge is 0.0223 e. The lowest BCUT2D eigenvalue weighted by Gasteiger charge is -2.42. The van der Waals surface area contributed by atoms with Crippen LogP contribution >= 0.6 is 0 Å². The molecule has 3 nitrogen and oxygen atoms in total. The first-order chi connectivity index (χ1) is 9.24. The maximum absolute atomic E-state index is 6.02. The third kappa shape index (κ3) is 4.17. The molecule has 0 aromatic rings. The summed E-state index contributed by atoms with van der Waals surface area (Å²) in [6, 6.07) is 1.44. The van der Waals surface area contributed by atoms with Crippen LogP contribution in [0.4, 0.5) is 0 Å². The summed E-state index contributed by atoms with van der Waals surface area (Å²) in [5.41, 5.74) is 6.02. The van der Waals surface area contributed by atoms with Crippen LogP contribution < -0.4 is 5.73 Å². The summed E-state index contributed by atoms with van der Waals surface area (Å²) in [5, 5.41) is 0. The number of piperidine rings is 1. The van der Waals surface area contributed by atoms with Crippen molar-refractivity contribution in [1.29, 1.82) is 0 Å². The Kier molecular flexibility index (Phi) is 6.11. The van der Waals surface area contributed by atoms with Crippen molar-refractivity contribution in [3.8, 4) is 0 Å². The van der Waals surface area contributed by atoms with E-state index < -0.39 is 0 Å². The third-order valence-electron chi connectivity index (χ3n) is 5.09. The summed E-state index contributed by atoms with van der Waals surface area (Å²) in [5.74, 6) is 0.868. The quantitative estimate of drug-likeness (QED) is 0.848. The van der Waals surface area contributed by atoms with Crippen LogP contribution in [-0.2, 0) is 0 Å². The van der Waals surface area contributed by atoms with Gasteiger partial charge in [0.25, 0.3) is 0 Å². The Hall–Kier alpha value is -0.120. The van der Waals surface area contributed by atoms with E-state index in [1.807, 2.05) is 0 Å². The van der Waals surface area contributed by atoms with E-state index in [-0.39, 0.29) is 0 Å². The Bertz CT molecular complexity index is 256. The van der Waals surface area contributed by atoms with Gasteiger partial charge in [-0.3, -0.25) is 4.90 Å². The van der Waals surface area contributed by atoms with Crippen molar-refractivity contribution in [2.45, 2.75) is 64.5 Å². The largest absolute Gasteiger partial charge is 0.329 e. The maximum atomic E-state index is 6.02. The van der Waals surface area contributed by atoms with Crippen LogP contribution in [0.1, 0.15) is 52.4 Å². The Morgan fingerprint density at radius 2 is 1.95 bits per heavy atom. The summed E-state index contributed by atoms with van der Waals surface area (Å²) in [4.78, 5) is 5.42. The number of hydrogen-bond acceptors (Lipinski definition) is 3. The molecule has 2 aliphatic rings. The average molecular weight is 267 g/mol. The molecule has 2 fully saturated rings. The molecule has 0 spiro atoms. The van der Waals surface area contributed by atoms with Crippen LogP contribution in [0.2, 0.25) is 0 Å². The number of rotatable bonds is 4. The molecule has 0 aliphatic carbocycles. The Balaban J connectivity index is 1.89. The van der Waals surface area contributed by atoms with Gasteiger partial charge in [-0.2, -0.15) is 0 Å². The third-order valence-corrected chi connectivity index (χ3v) is 5.09. The first-order valence-corrected chi connectivity index (χ1v) is 8.42. The molecular formula is C16H33N3. The molecule has 2 saturated heterocycles. The van der Waals surface area contributed by atoms with Crippen molar-refractivity contribution in [2.75, 3.05) is 32.7 Å². The van der Waals surface area contributed by atoms with Crippen molar-refractivity contribution in [3.63, 3.8) is 0 Å². The molecule has 0 saturated carbocycles. The van der Waals surface area contributed by atoms with Crippen LogP contribution in [0.15, 0.2) is 0 Å². The molecule has 3 atom stereocenters. The fourth-order valence-corrected chi connectivity index (χ4v) is 3.99. The monoisotopic (exact) mass is 267 g/mol. The van der Waals surface area contributed by atoms with Crippen molar-refractivity contribution in [1.82, 2.24) is 9.80 Å². The molecule has 2 heterocycles.